The van der Waals surface area contributed by atoms with Crippen LogP contribution in [0.25, 0.3) is 22.0 Å². The van der Waals surface area contributed by atoms with Crippen LogP contribution in [0.1, 0.15) is 18.4 Å². The second-order valence-corrected chi connectivity index (χ2v) is 6.35. The molecule has 0 bridgehead atoms. The minimum Gasteiger partial charge on any atom is -0.493 e. The van der Waals surface area contributed by atoms with Crippen molar-refractivity contribution in [2.24, 2.45) is 5.92 Å². The second kappa shape index (κ2) is 5.86. The van der Waals surface area contributed by atoms with Crippen molar-refractivity contribution in [3.05, 3.63) is 59.8 Å². The predicted molar refractivity (Wildman–Crippen MR) is 90.1 cm³/mol. The van der Waals surface area contributed by atoms with E-state index in [-0.39, 0.29) is 0 Å². The van der Waals surface area contributed by atoms with Gasteiger partial charge < -0.3 is 4.74 Å². The molecule has 1 aliphatic carbocycles. The Morgan fingerprint density at radius 3 is 2.67 bits per heavy atom. The summed E-state index contributed by atoms with van der Waals surface area (Å²) < 4.78 is 33.4. The molecule has 1 saturated carbocycles. The third-order valence-electron chi connectivity index (χ3n) is 4.47. The summed E-state index contributed by atoms with van der Waals surface area (Å²) >= 11 is 0. The van der Waals surface area contributed by atoms with Gasteiger partial charge in [0, 0.05) is 28.8 Å². The number of hydrogen-bond acceptors (Lipinski definition) is 2. The Morgan fingerprint density at radius 1 is 1.08 bits per heavy atom. The van der Waals surface area contributed by atoms with Gasteiger partial charge in [-0.15, -0.1) is 0 Å². The van der Waals surface area contributed by atoms with E-state index in [0.717, 1.165) is 40.9 Å². The highest BCUT2D eigenvalue weighted by atomic mass is 19.2. The largest absolute Gasteiger partial charge is 0.493 e. The number of aryl methyl sites for hydroxylation is 1. The van der Waals surface area contributed by atoms with Crippen molar-refractivity contribution >= 4 is 10.9 Å². The van der Waals surface area contributed by atoms with Gasteiger partial charge in [-0.25, -0.2) is 8.78 Å². The molecule has 0 saturated heterocycles. The lowest BCUT2D eigenvalue weighted by Gasteiger charge is -2.14. The molecule has 0 N–H and O–H groups in total. The molecule has 24 heavy (non-hydrogen) atoms. The van der Waals surface area contributed by atoms with Crippen LogP contribution in [0, 0.1) is 24.5 Å². The van der Waals surface area contributed by atoms with Crippen LogP contribution >= 0.6 is 0 Å². The first-order valence-corrected chi connectivity index (χ1v) is 8.10. The minimum atomic E-state index is -0.895. The first-order chi connectivity index (χ1) is 11.6. The maximum atomic E-state index is 13.9. The van der Waals surface area contributed by atoms with Gasteiger partial charge in [-0.05, 0) is 43.4 Å². The molecule has 1 aromatic heterocycles. The van der Waals surface area contributed by atoms with E-state index in [2.05, 4.69) is 4.98 Å². The fraction of sp³-hybridized carbons (Fsp3) is 0.250. The predicted octanol–water partition coefficient (Wildman–Crippen LogP) is 5.28. The fourth-order valence-electron chi connectivity index (χ4n) is 2.88. The van der Waals surface area contributed by atoms with Crippen molar-refractivity contribution in [1.29, 1.82) is 0 Å². The first kappa shape index (κ1) is 15.1. The Kier molecular flexibility index (Phi) is 3.68. The summed E-state index contributed by atoms with van der Waals surface area (Å²) in [6, 6.07) is 10.0. The van der Waals surface area contributed by atoms with Crippen LogP contribution in [-0.2, 0) is 0 Å². The molecular formula is C20H17F2NO. The molecule has 2 aromatic carbocycles. The molecule has 0 atom stereocenters. The molecule has 4 rings (SSSR count). The molecule has 122 valence electrons. The number of ether oxygens (including phenoxy) is 1. The molecule has 1 heterocycles. The van der Waals surface area contributed by atoms with E-state index >= 15 is 0 Å². The van der Waals surface area contributed by atoms with E-state index in [1.807, 2.05) is 31.2 Å². The second-order valence-electron chi connectivity index (χ2n) is 6.35. The summed E-state index contributed by atoms with van der Waals surface area (Å²) in [5.41, 5.74) is 3.14. The molecule has 2 nitrogen and oxygen atoms in total. The van der Waals surface area contributed by atoms with E-state index in [0.29, 0.717) is 23.8 Å². The van der Waals surface area contributed by atoms with Crippen LogP contribution in [0.5, 0.6) is 5.75 Å². The Hall–Kier alpha value is -2.49. The molecule has 4 heteroatoms. The van der Waals surface area contributed by atoms with Crippen LogP contribution < -0.4 is 4.74 Å². The molecule has 3 aromatic rings. The number of rotatable bonds is 4. The third-order valence-corrected chi connectivity index (χ3v) is 4.47. The summed E-state index contributed by atoms with van der Waals surface area (Å²) in [6.07, 6.45) is 3.97. The van der Waals surface area contributed by atoms with Crippen LogP contribution in [0.15, 0.2) is 42.6 Å². The molecule has 0 amide bonds. The maximum Gasteiger partial charge on any atom is 0.162 e. The highest BCUT2D eigenvalue weighted by molar-refractivity contribution is 5.96. The van der Waals surface area contributed by atoms with Crippen LogP contribution in [0.2, 0.25) is 0 Å². The average Bonchev–Trinajstić information content (AvgIpc) is 3.41. The summed E-state index contributed by atoms with van der Waals surface area (Å²) in [5.74, 6) is -0.877. The van der Waals surface area contributed by atoms with Crippen LogP contribution in [-0.4, -0.2) is 11.6 Å². The lowest BCUT2D eigenvalue weighted by Crippen LogP contribution is -2.02. The number of hydrogen-bond donors (Lipinski definition) is 0. The highest BCUT2D eigenvalue weighted by Gasteiger charge is 2.23. The first-order valence-electron chi connectivity index (χ1n) is 8.10. The summed E-state index contributed by atoms with van der Waals surface area (Å²) in [4.78, 5) is 4.45. The number of benzene rings is 2. The quantitative estimate of drug-likeness (QED) is 0.651. The minimum absolute atomic E-state index is 0.372. The van der Waals surface area contributed by atoms with Crippen molar-refractivity contribution in [1.82, 2.24) is 4.98 Å². The van der Waals surface area contributed by atoms with Crippen molar-refractivity contribution < 1.29 is 13.5 Å². The SMILES string of the molecule is Cc1ccc(-c2cc(F)c(F)cc2OCC2CC2)c2ncccc12. The molecule has 0 unspecified atom stereocenters. The number of pyridine rings is 1. The van der Waals surface area contributed by atoms with Gasteiger partial charge in [0.25, 0.3) is 0 Å². The van der Waals surface area contributed by atoms with E-state index in [1.54, 1.807) is 6.20 Å². The van der Waals surface area contributed by atoms with E-state index in [9.17, 15) is 8.78 Å². The fourth-order valence-corrected chi connectivity index (χ4v) is 2.88. The van der Waals surface area contributed by atoms with Gasteiger partial charge in [0.15, 0.2) is 11.6 Å². The zero-order valence-electron chi connectivity index (χ0n) is 13.4. The Labute approximate surface area is 139 Å². The van der Waals surface area contributed by atoms with Gasteiger partial charge in [-0.1, -0.05) is 18.2 Å². The Balaban J connectivity index is 1.89. The number of halogens is 2. The maximum absolute atomic E-state index is 13.9. The van der Waals surface area contributed by atoms with Gasteiger partial charge in [0.1, 0.15) is 5.75 Å². The van der Waals surface area contributed by atoms with Gasteiger partial charge in [-0.3, -0.25) is 4.98 Å². The molecule has 1 fully saturated rings. The van der Waals surface area contributed by atoms with Crippen molar-refractivity contribution in [3.63, 3.8) is 0 Å². The van der Waals surface area contributed by atoms with Gasteiger partial charge in [0.05, 0.1) is 12.1 Å². The van der Waals surface area contributed by atoms with Crippen molar-refractivity contribution in [2.45, 2.75) is 19.8 Å². The summed E-state index contributed by atoms with van der Waals surface area (Å²) in [7, 11) is 0. The topological polar surface area (TPSA) is 22.1 Å². The molecule has 0 radical (unpaired) electrons. The normalized spacial score (nSPS) is 14.1. The van der Waals surface area contributed by atoms with E-state index in [1.165, 1.54) is 6.07 Å². The number of fused-ring (bicyclic) bond motifs is 1. The Morgan fingerprint density at radius 2 is 1.88 bits per heavy atom. The summed E-state index contributed by atoms with van der Waals surface area (Å²) in [5, 5.41) is 0.993. The molecule has 0 spiro atoms. The number of nitrogens with zero attached hydrogens (tertiary/aromatic N) is 1. The standard InChI is InChI=1S/C20H17F2NO/c1-12-4-7-15(20-14(12)3-2-8-23-20)16-9-17(21)18(22)10-19(16)24-11-13-5-6-13/h2-4,7-10,13H,5-6,11H2,1H3. The zero-order chi connectivity index (χ0) is 16.7. The molecule has 1 aliphatic rings. The van der Waals surface area contributed by atoms with Crippen molar-refractivity contribution in [2.75, 3.05) is 6.61 Å². The van der Waals surface area contributed by atoms with E-state index < -0.39 is 11.6 Å². The monoisotopic (exact) mass is 325 g/mol. The lowest BCUT2D eigenvalue weighted by molar-refractivity contribution is 0.298. The third kappa shape index (κ3) is 2.73. The zero-order valence-corrected chi connectivity index (χ0v) is 13.4. The van der Waals surface area contributed by atoms with Gasteiger partial charge in [0.2, 0.25) is 0 Å². The Bertz CT molecular complexity index is 919. The van der Waals surface area contributed by atoms with Crippen LogP contribution in [0.4, 0.5) is 8.78 Å². The smallest absolute Gasteiger partial charge is 0.162 e. The average molecular weight is 325 g/mol. The summed E-state index contributed by atoms with van der Waals surface area (Å²) in [6.45, 7) is 2.54. The highest BCUT2D eigenvalue weighted by Crippen LogP contribution is 2.38. The van der Waals surface area contributed by atoms with Gasteiger partial charge >= 0.3 is 0 Å². The van der Waals surface area contributed by atoms with Crippen LogP contribution in [0.3, 0.4) is 0 Å². The van der Waals surface area contributed by atoms with E-state index in [4.69, 9.17) is 4.74 Å². The van der Waals surface area contributed by atoms with Gasteiger partial charge in [-0.2, -0.15) is 0 Å². The molecule has 0 aliphatic heterocycles. The lowest BCUT2D eigenvalue weighted by atomic mass is 9.98. The number of aromatic nitrogens is 1. The van der Waals surface area contributed by atoms with Crippen molar-refractivity contribution in [3.8, 4) is 16.9 Å². The molecular weight excluding hydrogens is 308 g/mol.